The van der Waals surface area contributed by atoms with Gasteiger partial charge >= 0.3 is 0 Å². The standard InChI is InChI=1S/C19H19ClN4O3/c20-16-1-4-18(5-2-16)27-12-11-22-7-9-23(10-8-22)19-6-3-17(24(25)26)13-15(19)14-21/h1-6,13H,7-12H2. The Morgan fingerprint density at radius 3 is 2.48 bits per heavy atom. The quantitative estimate of drug-likeness (QED) is 0.559. The third kappa shape index (κ3) is 4.88. The third-order valence-electron chi connectivity index (χ3n) is 4.51. The van der Waals surface area contributed by atoms with Gasteiger partial charge in [-0.15, -0.1) is 0 Å². The number of rotatable bonds is 6. The SMILES string of the molecule is N#Cc1cc([N+](=O)[O-])ccc1N1CCN(CCOc2ccc(Cl)cc2)CC1. The van der Waals surface area contributed by atoms with Crippen LogP contribution in [0.15, 0.2) is 42.5 Å². The smallest absolute Gasteiger partial charge is 0.270 e. The van der Waals surface area contributed by atoms with Gasteiger partial charge in [-0.05, 0) is 30.3 Å². The number of hydrogen-bond donors (Lipinski definition) is 0. The predicted molar refractivity (Wildman–Crippen MR) is 103 cm³/mol. The summed E-state index contributed by atoms with van der Waals surface area (Å²) in [5, 5.41) is 20.9. The van der Waals surface area contributed by atoms with Crippen molar-refractivity contribution in [2.75, 3.05) is 44.2 Å². The number of benzene rings is 2. The fourth-order valence-corrected chi connectivity index (χ4v) is 3.16. The lowest BCUT2D eigenvalue weighted by molar-refractivity contribution is -0.384. The van der Waals surface area contributed by atoms with Gasteiger partial charge in [0.2, 0.25) is 0 Å². The minimum Gasteiger partial charge on any atom is -0.492 e. The van der Waals surface area contributed by atoms with Crippen LogP contribution in [0.2, 0.25) is 5.02 Å². The number of nitro groups is 1. The molecule has 0 N–H and O–H groups in total. The molecular weight excluding hydrogens is 368 g/mol. The number of nitrogens with zero attached hydrogens (tertiary/aromatic N) is 4. The molecule has 140 valence electrons. The van der Waals surface area contributed by atoms with Crippen LogP contribution in [-0.4, -0.2) is 49.2 Å². The number of anilines is 1. The molecule has 0 spiro atoms. The van der Waals surface area contributed by atoms with Crippen LogP contribution in [-0.2, 0) is 0 Å². The summed E-state index contributed by atoms with van der Waals surface area (Å²) in [5.74, 6) is 0.794. The first-order valence-corrected chi connectivity index (χ1v) is 8.99. The van der Waals surface area contributed by atoms with E-state index in [4.69, 9.17) is 16.3 Å². The first-order valence-electron chi connectivity index (χ1n) is 8.61. The van der Waals surface area contributed by atoms with Gasteiger partial charge in [0.05, 0.1) is 16.2 Å². The van der Waals surface area contributed by atoms with Crippen molar-refractivity contribution in [1.82, 2.24) is 4.90 Å². The highest BCUT2D eigenvalue weighted by atomic mass is 35.5. The average Bonchev–Trinajstić information content (AvgIpc) is 2.69. The van der Waals surface area contributed by atoms with E-state index in [1.807, 2.05) is 12.1 Å². The lowest BCUT2D eigenvalue weighted by Crippen LogP contribution is -2.47. The summed E-state index contributed by atoms with van der Waals surface area (Å²) in [6.07, 6.45) is 0. The summed E-state index contributed by atoms with van der Waals surface area (Å²) < 4.78 is 5.73. The molecule has 1 aliphatic heterocycles. The maximum absolute atomic E-state index is 10.9. The predicted octanol–water partition coefficient (Wildman–Crippen LogP) is 3.32. The highest BCUT2D eigenvalue weighted by molar-refractivity contribution is 6.30. The van der Waals surface area contributed by atoms with Gasteiger partial charge in [-0.1, -0.05) is 11.6 Å². The van der Waals surface area contributed by atoms with E-state index in [0.717, 1.165) is 44.2 Å². The van der Waals surface area contributed by atoms with Gasteiger partial charge in [-0.25, -0.2) is 0 Å². The van der Waals surface area contributed by atoms with Crippen molar-refractivity contribution in [2.45, 2.75) is 0 Å². The van der Waals surface area contributed by atoms with Crippen LogP contribution in [0.25, 0.3) is 0 Å². The van der Waals surface area contributed by atoms with E-state index in [0.29, 0.717) is 17.2 Å². The Kier molecular flexibility index (Phi) is 6.12. The summed E-state index contributed by atoms with van der Waals surface area (Å²) in [6, 6.07) is 13.8. The Morgan fingerprint density at radius 2 is 1.85 bits per heavy atom. The highest BCUT2D eigenvalue weighted by Gasteiger charge is 2.20. The van der Waals surface area contributed by atoms with E-state index in [1.54, 1.807) is 18.2 Å². The van der Waals surface area contributed by atoms with Crippen LogP contribution in [0.5, 0.6) is 5.75 Å². The lowest BCUT2D eigenvalue weighted by Gasteiger charge is -2.36. The number of nitriles is 1. The molecule has 2 aromatic carbocycles. The lowest BCUT2D eigenvalue weighted by atomic mass is 10.1. The largest absolute Gasteiger partial charge is 0.492 e. The van der Waals surface area contributed by atoms with Gasteiger partial charge < -0.3 is 9.64 Å². The van der Waals surface area contributed by atoms with E-state index >= 15 is 0 Å². The number of hydrogen-bond acceptors (Lipinski definition) is 6. The van der Waals surface area contributed by atoms with Crippen molar-refractivity contribution in [3.05, 3.63) is 63.2 Å². The normalized spacial score (nSPS) is 14.6. The van der Waals surface area contributed by atoms with Crippen LogP contribution in [0.3, 0.4) is 0 Å². The van der Waals surface area contributed by atoms with E-state index in [9.17, 15) is 15.4 Å². The molecule has 0 atom stereocenters. The minimum absolute atomic E-state index is 0.0618. The van der Waals surface area contributed by atoms with E-state index in [-0.39, 0.29) is 5.69 Å². The number of ether oxygens (including phenoxy) is 1. The molecular formula is C19H19ClN4O3. The fourth-order valence-electron chi connectivity index (χ4n) is 3.04. The van der Waals surface area contributed by atoms with Crippen LogP contribution in [0.1, 0.15) is 5.56 Å². The Labute approximate surface area is 162 Å². The second kappa shape index (κ2) is 8.71. The van der Waals surface area contributed by atoms with Crippen LogP contribution < -0.4 is 9.64 Å². The topological polar surface area (TPSA) is 82.6 Å². The maximum atomic E-state index is 10.9. The van der Waals surface area contributed by atoms with Crippen molar-refractivity contribution >= 4 is 23.0 Å². The average molecular weight is 387 g/mol. The molecule has 0 aliphatic carbocycles. The van der Waals surface area contributed by atoms with Crippen molar-refractivity contribution in [3.63, 3.8) is 0 Å². The summed E-state index contributed by atoms with van der Waals surface area (Å²) in [7, 11) is 0. The maximum Gasteiger partial charge on any atom is 0.270 e. The van der Waals surface area contributed by atoms with Gasteiger partial charge in [0.1, 0.15) is 18.4 Å². The zero-order valence-corrected chi connectivity index (χ0v) is 15.4. The first kappa shape index (κ1) is 19.0. The third-order valence-corrected chi connectivity index (χ3v) is 4.77. The molecule has 0 bridgehead atoms. The van der Waals surface area contributed by atoms with Crippen LogP contribution in [0, 0.1) is 21.4 Å². The molecule has 0 amide bonds. The molecule has 8 heteroatoms. The molecule has 0 unspecified atom stereocenters. The van der Waals surface area contributed by atoms with Crippen molar-refractivity contribution < 1.29 is 9.66 Å². The summed E-state index contributed by atoms with van der Waals surface area (Å²) in [4.78, 5) is 14.8. The molecule has 0 saturated carbocycles. The van der Waals surface area contributed by atoms with Gasteiger partial charge in [0.25, 0.3) is 5.69 Å². The highest BCUT2D eigenvalue weighted by Crippen LogP contribution is 2.26. The second-order valence-corrected chi connectivity index (χ2v) is 6.64. The van der Waals surface area contributed by atoms with E-state index < -0.39 is 4.92 Å². The summed E-state index contributed by atoms with van der Waals surface area (Å²) in [6.45, 7) is 4.59. The molecule has 1 saturated heterocycles. The molecule has 2 aromatic rings. The Bertz CT molecular complexity index is 843. The monoisotopic (exact) mass is 386 g/mol. The number of halogens is 1. The van der Waals surface area contributed by atoms with Crippen molar-refractivity contribution in [1.29, 1.82) is 5.26 Å². The molecule has 0 radical (unpaired) electrons. The Morgan fingerprint density at radius 1 is 1.15 bits per heavy atom. The Balaban J connectivity index is 1.51. The fraction of sp³-hybridized carbons (Fsp3) is 0.316. The Hall–Kier alpha value is -2.82. The number of non-ortho nitro benzene ring substituents is 1. The van der Waals surface area contributed by atoms with Gasteiger partial charge in [0.15, 0.2) is 0 Å². The zero-order valence-electron chi connectivity index (χ0n) is 14.7. The molecule has 3 rings (SSSR count). The van der Waals surface area contributed by atoms with Crippen molar-refractivity contribution in [3.8, 4) is 11.8 Å². The summed E-state index contributed by atoms with van der Waals surface area (Å²) >= 11 is 5.86. The number of nitro benzene ring substituents is 1. The molecule has 27 heavy (non-hydrogen) atoms. The van der Waals surface area contributed by atoms with Crippen LogP contribution >= 0.6 is 11.6 Å². The van der Waals surface area contributed by atoms with Crippen LogP contribution in [0.4, 0.5) is 11.4 Å². The van der Waals surface area contributed by atoms with Gasteiger partial charge in [-0.2, -0.15) is 5.26 Å². The second-order valence-electron chi connectivity index (χ2n) is 6.20. The molecule has 1 aliphatic rings. The number of piperazine rings is 1. The first-order chi connectivity index (χ1) is 13.1. The molecule has 7 nitrogen and oxygen atoms in total. The zero-order chi connectivity index (χ0) is 19.2. The summed E-state index contributed by atoms with van der Waals surface area (Å²) in [5.41, 5.74) is 1.03. The van der Waals surface area contributed by atoms with Gasteiger partial charge in [-0.3, -0.25) is 15.0 Å². The van der Waals surface area contributed by atoms with E-state index in [1.165, 1.54) is 12.1 Å². The minimum atomic E-state index is -0.483. The molecule has 1 fully saturated rings. The van der Waals surface area contributed by atoms with E-state index in [2.05, 4.69) is 15.9 Å². The molecule has 0 aromatic heterocycles. The van der Waals surface area contributed by atoms with Gasteiger partial charge in [0, 0.05) is 49.9 Å². The van der Waals surface area contributed by atoms with Crippen molar-refractivity contribution in [2.24, 2.45) is 0 Å². The molecule has 1 heterocycles.